The van der Waals surface area contributed by atoms with Gasteiger partial charge in [0.2, 0.25) is 0 Å². The molecule has 0 saturated heterocycles. The van der Waals surface area contributed by atoms with Gasteiger partial charge in [-0.2, -0.15) is 11.3 Å². The lowest BCUT2D eigenvalue weighted by Gasteiger charge is -2.25. The number of rotatable bonds is 5. The molecule has 0 aliphatic heterocycles. The molecule has 0 spiro atoms. The van der Waals surface area contributed by atoms with Crippen molar-refractivity contribution in [2.45, 2.75) is 19.5 Å². The molecule has 1 atom stereocenters. The molecule has 1 aromatic heterocycles. The number of para-hydroxylation sites is 1. The number of anilines is 1. The maximum atomic E-state index is 14.2. The van der Waals surface area contributed by atoms with Crippen LogP contribution in [0.3, 0.4) is 0 Å². The Bertz CT molecular complexity index is 525. The lowest BCUT2D eigenvalue weighted by Crippen LogP contribution is -2.22. The lowest BCUT2D eigenvalue weighted by atomic mass is 10.0. The Labute approximate surface area is 117 Å². The van der Waals surface area contributed by atoms with Crippen molar-refractivity contribution in [3.63, 3.8) is 0 Å². The molecule has 1 heterocycles. The quantitative estimate of drug-likeness (QED) is 0.895. The van der Waals surface area contributed by atoms with E-state index in [0.717, 1.165) is 5.56 Å². The molecule has 0 aliphatic carbocycles. The van der Waals surface area contributed by atoms with Gasteiger partial charge in [0, 0.05) is 19.6 Å². The van der Waals surface area contributed by atoms with Gasteiger partial charge in [0.25, 0.3) is 0 Å². The fraction of sp³-hybridized carbons (Fsp3) is 0.333. The summed E-state index contributed by atoms with van der Waals surface area (Å²) in [6.45, 7) is 2.75. The summed E-state index contributed by atoms with van der Waals surface area (Å²) in [6, 6.07) is 7.45. The molecular weight excluding hydrogens is 259 g/mol. The first-order valence-corrected chi connectivity index (χ1v) is 7.25. The fourth-order valence-corrected chi connectivity index (χ4v) is 2.84. The van der Waals surface area contributed by atoms with Crippen LogP contribution in [0.15, 0.2) is 35.0 Å². The van der Waals surface area contributed by atoms with Gasteiger partial charge < -0.3 is 10.2 Å². The molecule has 19 heavy (non-hydrogen) atoms. The van der Waals surface area contributed by atoms with E-state index in [0.29, 0.717) is 12.2 Å². The van der Waals surface area contributed by atoms with Crippen molar-refractivity contribution in [3.8, 4) is 0 Å². The highest BCUT2D eigenvalue weighted by atomic mass is 32.1. The summed E-state index contributed by atoms with van der Waals surface area (Å²) in [6.07, 6.45) is 0. The molecule has 0 fully saturated rings. The number of nitrogens with zero attached hydrogens (tertiary/aromatic N) is 1. The van der Waals surface area contributed by atoms with E-state index in [1.807, 2.05) is 37.4 Å². The Balaban J connectivity index is 2.31. The first-order valence-electron chi connectivity index (χ1n) is 6.31. The minimum atomic E-state index is -0.169. The standard InChI is InChI=1S/C15H19FN2S/c1-11(17-2)13-5-4-6-14(16)15(13)18(3)9-12-7-8-19-10-12/h4-8,10-11,17H,9H2,1-3H3. The Kier molecular flexibility index (Phi) is 4.56. The van der Waals surface area contributed by atoms with E-state index in [1.165, 1.54) is 11.6 Å². The van der Waals surface area contributed by atoms with E-state index in [9.17, 15) is 4.39 Å². The van der Waals surface area contributed by atoms with E-state index in [4.69, 9.17) is 0 Å². The van der Waals surface area contributed by atoms with Crippen LogP contribution in [-0.2, 0) is 6.54 Å². The van der Waals surface area contributed by atoms with Crippen LogP contribution in [-0.4, -0.2) is 14.1 Å². The minimum absolute atomic E-state index is 0.121. The van der Waals surface area contributed by atoms with Crippen molar-refractivity contribution >= 4 is 17.0 Å². The molecular formula is C15H19FN2S. The van der Waals surface area contributed by atoms with Gasteiger partial charge in [-0.3, -0.25) is 0 Å². The van der Waals surface area contributed by atoms with Crippen LogP contribution in [0.5, 0.6) is 0 Å². The molecule has 0 aliphatic rings. The van der Waals surface area contributed by atoms with Crippen molar-refractivity contribution in [1.29, 1.82) is 0 Å². The molecule has 4 heteroatoms. The number of thiophene rings is 1. The summed E-state index contributed by atoms with van der Waals surface area (Å²) >= 11 is 1.66. The van der Waals surface area contributed by atoms with Gasteiger partial charge in [-0.25, -0.2) is 4.39 Å². The van der Waals surface area contributed by atoms with E-state index in [2.05, 4.69) is 16.8 Å². The number of hydrogen-bond acceptors (Lipinski definition) is 3. The lowest BCUT2D eigenvalue weighted by molar-refractivity contribution is 0.602. The monoisotopic (exact) mass is 278 g/mol. The first-order chi connectivity index (χ1) is 9.13. The third-order valence-corrected chi connectivity index (χ3v) is 4.03. The fourth-order valence-electron chi connectivity index (χ4n) is 2.18. The highest BCUT2D eigenvalue weighted by molar-refractivity contribution is 7.07. The molecule has 0 amide bonds. The van der Waals surface area contributed by atoms with Gasteiger partial charge in [-0.15, -0.1) is 0 Å². The largest absolute Gasteiger partial charge is 0.368 e. The third-order valence-electron chi connectivity index (χ3n) is 3.30. The predicted molar refractivity (Wildman–Crippen MR) is 80.3 cm³/mol. The van der Waals surface area contributed by atoms with Crippen LogP contribution in [0.4, 0.5) is 10.1 Å². The Morgan fingerprint density at radius 3 is 2.79 bits per heavy atom. The second kappa shape index (κ2) is 6.17. The van der Waals surface area contributed by atoms with E-state index >= 15 is 0 Å². The number of nitrogens with one attached hydrogen (secondary N) is 1. The maximum Gasteiger partial charge on any atom is 0.146 e. The second-order valence-corrected chi connectivity index (χ2v) is 5.46. The van der Waals surface area contributed by atoms with Crippen LogP contribution in [0.1, 0.15) is 24.1 Å². The zero-order chi connectivity index (χ0) is 13.8. The van der Waals surface area contributed by atoms with Crippen molar-refractivity contribution in [2.24, 2.45) is 0 Å². The van der Waals surface area contributed by atoms with Gasteiger partial charge in [-0.1, -0.05) is 12.1 Å². The van der Waals surface area contributed by atoms with Gasteiger partial charge in [0.15, 0.2) is 0 Å². The summed E-state index contributed by atoms with van der Waals surface area (Å²) in [5.41, 5.74) is 2.87. The van der Waals surface area contributed by atoms with Gasteiger partial charge in [0.1, 0.15) is 5.82 Å². The molecule has 1 aromatic carbocycles. The Morgan fingerprint density at radius 1 is 1.37 bits per heavy atom. The smallest absolute Gasteiger partial charge is 0.146 e. The van der Waals surface area contributed by atoms with E-state index in [1.54, 1.807) is 17.4 Å². The van der Waals surface area contributed by atoms with Crippen molar-refractivity contribution in [2.75, 3.05) is 19.0 Å². The molecule has 2 aromatic rings. The first kappa shape index (κ1) is 14.0. The molecule has 0 saturated carbocycles. The Morgan fingerprint density at radius 2 is 2.16 bits per heavy atom. The van der Waals surface area contributed by atoms with Crippen molar-refractivity contribution < 1.29 is 4.39 Å². The van der Waals surface area contributed by atoms with Crippen molar-refractivity contribution in [3.05, 3.63) is 52.0 Å². The third kappa shape index (κ3) is 3.14. The van der Waals surface area contributed by atoms with Crippen LogP contribution >= 0.6 is 11.3 Å². The Hall–Kier alpha value is -1.39. The molecule has 0 bridgehead atoms. The zero-order valence-electron chi connectivity index (χ0n) is 11.5. The van der Waals surface area contributed by atoms with Crippen LogP contribution in [0.25, 0.3) is 0 Å². The minimum Gasteiger partial charge on any atom is -0.368 e. The summed E-state index contributed by atoms with van der Waals surface area (Å²) in [7, 11) is 3.82. The second-order valence-electron chi connectivity index (χ2n) is 4.68. The molecule has 2 rings (SSSR count). The van der Waals surface area contributed by atoms with E-state index in [-0.39, 0.29) is 11.9 Å². The molecule has 1 N–H and O–H groups in total. The molecule has 0 radical (unpaired) electrons. The van der Waals surface area contributed by atoms with Gasteiger partial charge >= 0.3 is 0 Å². The molecule has 2 nitrogen and oxygen atoms in total. The van der Waals surface area contributed by atoms with Crippen LogP contribution in [0, 0.1) is 5.82 Å². The SMILES string of the molecule is CNC(C)c1cccc(F)c1N(C)Cc1ccsc1. The number of hydrogen-bond donors (Lipinski definition) is 1. The summed E-state index contributed by atoms with van der Waals surface area (Å²) in [5, 5.41) is 7.31. The highest BCUT2D eigenvalue weighted by Gasteiger charge is 2.16. The average Bonchev–Trinajstić information content (AvgIpc) is 2.90. The number of halogens is 1. The van der Waals surface area contributed by atoms with E-state index < -0.39 is 0 Å². The topological polar surface area (TPSA) is 15.3 Å². The normalized spacial score (nSPS) is 12.4. The van der Waals surface area contributed by atoms with Crippen LogP contribution in [0.2, 0.25) is 0 Å². The highest BCUT2D eigenvalue weighted by Crippen LogP contribution is 2.29. The molecule has 102 valence electrons. The van der Waals surface area contributed by atoms with Gasteiger partial charge in [0.05, 0.1) is 5.69 Å². The molecule has 1 unspecified atom stereocenters. The van der Waals surface area contributed by atoms with Gasteiger partial charge in [-0.05, 0) is 48.0 Å². The maximum absolute atomic E-state index is 14.2. The predicted octanol–water partition coefficient (Wildman–Crippen LogP) is 3.80. The summed E-state index contributed by atoms with van der Waals surface area (Å²) in [5.74, 6) is -0.169. The van der Waals surface area contributed by atoms with Crippen molar-refractivity contribution in [1.82, 2.24) is 5.32 Å². The average molecular weight is 278 g/mol. The van der Waals surface area contributed by atoms with Crippen LogP contribution < -0.4 is 10.2 Å². The zero-order valence-corrected chi connectivity index (χ0v) is 12.3. The summed E-state index contributed by atoms with van der Waals surface area (Å²) < 4.78 is 14.2. The number of benzene rings is 1. The summed E-state index contributed by atoms with van der Waals surface area (Å²) in [4.78, 5) is 1.97.